The number of alkyl halides is 3. The molecule has 1 N–H and O–H groups in total. The minimum absolute atomic E-state index is 0.103. The summed E-state index contributed by atoms with van der Waals surface area (Å²) >= 11 is 0. The number of nitrogens with zero attached hydrogens (tertiary/aromatic N) is 5. The summed E-state index contributed by atoms with van der Waals surface area (Å²) in [6.45, 7) is 3.76. The van der Waals surface area contributed by atoms with Crippen LogP contribution < -0.4 is 10.9 Å². The highest BCUT2D eigenvalue weighted by Gasteiger charge is 2.31. The highest BCUT2D eigenvalue weighted by Crippen LogP contribution is 2.32. The maximum Gasteiger partial charge on any atom is 0.416 e. The van der Waals surface area contributed by atoms with Crippen molar-refractivity contribution in [3.8, 4) is 0 Å². The topological polar surface area (TPSA) is 94.7 Å². The molecule has 0 bridgehead atoms. The normalized spacial score (nSPS) is 16.5. The fourth-order valence-electron chi connectivity index (χ4n) is 3.81. The lowest BCUT2D eigenvalue weighted by atomic mass is 10.0. The molecule has 1 atom stereocenters. The van der Waals surface area contributed by atoms with Crippen molar-refractivity contribution < 1.29 is 18.0 Å². The molecule has 0 saturated carbocycles. The number of aryl methyl sites for hydroxylation is 1. The number of amides is 1. The van der Waals surface area contributed by atoms with E-state index in [2.05, 4.69) is 20.6 Å². The summed E-state index contributed by atoms with van der Waals surface area (Å²) in [5.41, 5.74) is -1.11. The molecule has 164 valence electrons. The van der Waals surface area contributed by atoms with Crippen LogP contribution in [0, 0.1) is 0 Å². The van der Waals surface area contributed by atoms with Crippen molar-refractivity contribution in [1.82, 2.24) is 29.9 Å². The van der Waals surface area contributed by atoms with Gasteiger partial charge in [-0.1, -0.05) is 13.8 Å². The monoisotopic (exact) mass is 434 g/mol. The van der Waals surface area contributed by atoms with Crippen LogP contribution in [0.15, 0.2) is 29.3 Å². The van der Waals surface area contributed by atoms with E-state index < -0.39 is 23.2 Å². The van der Waals surface area contributed by atoms with Gasteiger partial charge in [-0.25, -0.2) is 4.68 Å². The summed E-state index contributed by atoms with van der Waals surface area (Å²) in [4.78, 5) is 25.4. The van der Waals surface area contributed by atoms with Crippen molar-refractivity contribution in [1.29, 1.82) is 0 Å². The first-order valence-corrected chi connectivity index (χ1v) is 9.91. The third kappa shape index (κ3) is 4.17. The van der Waals surface area contributed by atoms with E-state index in [1.807, 2.05) is 4.57 Å². The highest BCUT2D eigenvalue weighted by molar-refractivity contribution is 5.85. The molecule has 3 heterocycles. The second kappa shape index (κ2) is 7.78. The zero-order valence-electron chi connectivity index (χ0n) is 17.0. The lowest BCUT2D eigenvalue weighted by Crippen LogP contribution is -2.43. The predicted molar refractivity (Wildman–Crippen MR) is 105 cm³/mol. The molecule has 1 aliphatic heterocycles. The summed E-state index contributed by atoms with van der Waals surface area (Å²) in [6, 6.07) is 2.84. The lowest BCUT2D eigenvalue weighted by Gasteiger charge is -2.24. The number of halogens is 3. The number of rotatable bonds is 4. The van der Waals surface area contributed by atoms with E-state index in [0.717, 1.165) is 28.7 Å². The average molecular weight is 434 g/mol. The Balaban J connectivity index is 1.61. The van der Waals surface area contributed by atoms with Gasteiger partial charge >= 0.3 is 6.18 Å². The predicted octanol–water partition coefficient (Wildman–Crippen LogP) is 2.26. The van der Waals surface area contributed by atoms with E-state index in [9.17, 15) is 22.8 Å². The zero-order chi connectivity index (χ0) is 22.3. The Hall–Kier alpha value is -3.24. The molecule has 1 aromatic carbocycles. The first-order chi connectivity index (χ1) is 14.6. The molecule has 1 amide bonds. The maximum absolute atomic E-state index is 13.1. The number of nitrogens with one attached hydrogen (secondary N) is 1. The van der Waals surface area contributed by atoms with Gasteiger partial charge in [-0.3, -0.25) is 9.59 Å². The second-order valence-corrected chi connectivity index (χ2v) is 7.96. The molecule has 8 nitrogen and oxygen atoms in total. The standard InChI is InChI=1S/C20H21F3N6O2/c1-11(2)18-15-7-12(20(21,22)23)3-5-14(15)19(31)29(27-18)9-17(30)25-13-4-6-16-26-24-10-28(16)8-13/h3,5,7,10-11,13H,4,6,8-9H2,1-2H3,(H,25,30)/t13-/m1/s1. The second-order valence-electron chi connectivity index (χ2n) is 7.96. The molecule has 0 saturated heterocycles. The van der Waals surface area contributed by atoms with Crippen LogP contribution in [0.3, 0.4) is 0 Å². The van der Waals surface area contributed by atoms with Gasteiger partial charge in [-0.15, -0.1) is 10.2 Å². The van der Waals surface area contributed by atoms with Gasteiger partial charge in [0.05, 0.1) is 16.6 Å². The van der Waals surface area contributed by atoms with Gasteiger partial charge in [0.15, 0.2) is 0 Å². The Bertz CT molecular complexity index is 1200. The van der Waals surface area contributed by atoms with Crippen LogP contribution in [0.2, 0.25) is 0 Å². The molecule has 4 rings (SSSR count). The summed E-state index contributed by atoms with van der Waals surface area (Å²) in [7, 11) is 0. The summed E-state index contributed by atoms with van der Waals surface area (Å²) < 4.78 is 42.3. The first-order valence-electron chi connectivity index (χ1n) is 9.91. The van der Waals surface area contributed by atoms with Crippen LogP contribution in [-0.2, 0) is 30.5 Å². The third-order valence-electron chi connectivity index (χ3n) is 5.35. The smallest absolute Gasteiger partial charge is 0.350 e. The highest BCUT2D eigenvalue weighted by atomic mass is 19.4. The molecule has 0 fully saturated rings. The van der Waals surface area contributed by atoms with E-state index in [1.165, 1.54) is 0 Å². The van der Waals surface area contributed by atoms with E-state index >= 15 is 0 Å². The molecule has 0 radical (unpaired) electrons. The van der Waals surface area contributed by atoms with E-state index in [1.54, 1.807) is 20.2 Å². The fourth-order valence-corrected chi connectivity index (χ4v) is 3.81. The quantitative estimate of drug-likeness (QED) is 0.680. The lowest BCUT2D eigenvalue weighted by molar-refractivity contribution is -0.137. The van der Waals surface area contributed by atoms with Crippen molar-refractivity contribution >= 4 is 16.7 Å². The number of aromatic nitrogens is 5. The van der Waals surface area contributed by atoms with Crippen LogP contribution >= 0.6 is 0 Å². The van der Waals surface area contributed by atoms with Crippen LogP contribution in [0.5, 0.6) is 0 Å². The molecule has 1 aliphatic rings. The van der Waals surface area contributed by atoms with Crippen molar-refractivity contribution in [3.63, 3.8) is 0 Å². The number of benzene rings is 1. The first kappa shape index (κ1) is 21.0. The van der Waals surface area contributed by atoms with E-state index in [-0.39, 0.29) is 29.3 Å². The van der Waals surface area contributed by atoms with Crippen molar-refractivity contribution in [2.24, 2.45) is 0 Å². The van der Waals surface area contributed by atoms with Crippen LogP contribution in [-0.4, -0.2) is 36.5 Å². The van der Waals surface area contributed by atoms with Gasteiger partial charge in [0.25, 0.3) is 5.56 Å². The Labute approximate surface area is 175 Å². The van der Waals surface area contributed by atoms with Crippen LogP contribution in [0.25, 0.3) is 10.8 Å². The van der Waals surface area contributed by atoms with Gasteiger partial charge in [-0.2, -0.15) is 18.3 Å². The molecule has 11 heteroatoms. The van der Waals surface area contributed by atoms with Gasteiger partial charge in [0, 0.05) is 24.4 Å². The Kier molecular flexibility index (Phi) is 5.28. The Morgan fingerprint density at radius 2 is 2.06 bits per heavy atom. The maximum atomic E-state index is 13.1. The van der Waals surface area contributed by atoms with E-state index in [0.29, 0.717) is 25.1 Å². The number of hydrogen-bond acceptors (Lipinski definition) is 5. The van der Waals surface area contributed by atoms with Crippen molar-refractivity contribution in [2.75, 3.05) is 0 Å². The van der Waals surface area contributed by atoms with Crippen molar-refractivity contribution in [2.45, 2.75) is 57.9 Å². The largest absolute Gasteiger partial charge is 0.416 e. The van der Waals surface area contributed by atoms with Gasteiger partial charge in [0.1, 0.15) is 18.7 Å². The molecule has 2 aromatic heterocycles. The van der Waals surface area contributed by atoms with Crippen LogP contribution in [0.1, 0.15) is 43.3 Å². The Morgan fingerprint density at radius 3 is 2.77 bits per heavy atom. The fraction of sp³-hybridized carbons (Fsp3) is 0.450. The van der Waals surface area contributed by atoms with Crippen LogP contribution in [0.4, 0.5) is 13.2 Å². The number of hydrogen-bond donors (Lipinski definition) is 1. The molecular formula is C20H21F3N6O2. The molecular weight excluding hydrogens is 413 g/mol. The third-order valence-corrected chi connectivity index (χ3v) is 5.35. The SMILES string of the molecule is CC(C)c1nn(CC(=O)N[C@@H]2CCc3nncn3C2)c(=O)c2ccc(C(F)(F)F)cc12. The molecule has 0 spiro atoms. The zero-order valence-corrected chi connectivity index (χ0v) is 17.0. The van der Waals surface area contributed by atoms with E-state index in [4.69, 9.17) is 0 Å². The molecule has 0 unspecified atom stereocenters. The summed E-state index contributed by atoms with van der Waals surface area (Å²) in [6.07, 6.45) is -1.55. The minimum Gasteiger partial charge on any atom is -0.350 e. The summed E-state index contributed by atoms with van der Waals surface area (Å²) in [5, 5.41) is 15.2. The molecule has 0 aliphatic carbocycles. The van der Waals surface area contributed by atoms with Gasteiger partial charge in [-0.05, 0) is 30.5 Å². The van der Waals surface area contributed by atoms with Crippen molar-refractivity contribution in [3.05, 3.63) is 52.0 Å². The molecule has 31 heavy (non-hydrogen) atoms. The average Bonchev–Trinajstić information content (AvgIpc) is 3.16. The summed E-state index contributed by atoms with van der Waals surface area (Å²) in [5.74, 6) is 0.223. The minimum atomic E-state index is -4.53. The number of carbonyl (C=O) groups is 1. The number of fused-ring (bicyclic) bond motifs is 2. The molecule has 3 aromatic rings. The Morgan fingerprint density at radius 1 is 1.29 bits per heavy atom. The van der Waals surface area contributed by atoms with Gasteiger partial charge in [0.2, 0.25) is 5.91 Å². The number of carbonyl (C=O) groups excluding carboxylic acids is 1. The van der Waals surface area contributed by atoms with Gasteiger partial charge < -0.3 is 9.88 Å².